The van der Waals surface area contributed by atoms with Crippen LogP contribution in [-0.4, -0.2) is 27.3 Å². The Balaban J connectivity index is 2.60. The van der Waals surface area contributed by atoms with Gasteiger partial charge in [-0.15, -0.1) is 0 Å². The van der Waals surface area contributed by atoms with E-state index in [9.17, 15) is 0 Å². The highest BCUT2D eigenvalue weighted by atomic mass is 32.2. The number of nitrogens with one attached hydrogen (secondary N) is 1. The Morgan fingerprint density at radius 3 is 2.16 bits per heavy atom. The number of aromatic nitrogens is 2. The monoisotopic (exact) mass is 281 g/mol. The first-order valence-corrected chi connectivity index (χ1v) is 7.86. The fourth-order valence-corrected chi connectivity index (χ4v) is 2.47. The van der Waals surface area contributed by atoms with Gasteiger partial charge in [-0.05, 0) is 46.6 Å². The van der Waals surface area contributed by atoms with Gasteiger partial charge in [-0.1, -0.05) is 25.6 Å². The van der Waals surface area contributed by atoms with Crippen LogP contribution < -0.4 is 5.32 Å². The van der Waals surface area contributed by atoms with Crippen molar-refractivity contribution in [3.63, 3.8) is 0 Å². The summed E-state index contributed by atoms with van der Waals surface area (Å²) in [6.45, 7) is 16.1. The van der Waals surface area contributed by atoms with Gasteiger partial charge in [-0.3, -0.25) is 0 Å². The van der Waals surface area contributed by atoms with Gasteiger partial charge in [-0.2, -0.15) is 0 Å². The molecule has 0 aliphatic carbocycles. The van der Waals surface area contributed by atoms with Crippen LogP contribution in [0, 0.1) is 20.8 Å². The number of nitrogens with zero attached hydrogens (tertiary/aromatic N) is 2. The third-order valence-electron chi connectivity index (χ3n) is 3.67. The number of hydrogen-bond donors (Lipinski definition) is 1. The van der Waals surface area contributed by atoms with E-state index in [-0.39, 0.29) is 5.54 Å². The average molecular weight is 281 g/mol. The first-order valence-electron chi connectivity index (χ1n) is 6.98. The van der Waals surface area contributed by atoms with Gasteiger partial charge in [0.25, 0.3) is 0 Å². The van der Waals surface area contributed by atoms with E-state index in [1.54, 1.807) is 11.8 Å². The Labute approximate surface area is 122 Å². The second kappa shape index (κ2) is 6.71. The minimum atomic E-state index is 0.203. The zero-order chi connectivity index (χ0) is 14.6. The van der Waals surface area contributed by atoms with Gasteiger partial charge < -0.3 is 5.32 Å². The van der Waals surface area contributed by atoms with Gasteiger partial charge in [0.1, 0.15) is 0 Å². The number of rotatable bonds is 6. The van der Waals surface area contributed by atoms with Crippen molar-refractivity contribution in [3.8, 4) is 0 Å². The maximum absolute atomic E-state index is 4.56. The highest BCUT2D eigenvalue weighted by molar-refractivity contribution is 7.99. The molecule has 0 aliphatic rings. The fraction of sp³-hybridized carbons (Fsp3) is 0.733. The van der Waals surface area contributed by atoms with Crippen LogP contribution >= 0.6 is 11.8 Å². The molecule has 1 unspecified atom stereocenters. The lowest BCUT2D eigenvalue weighted by Crippen LogP contribution is -2.41. The van der Waals surface area contributed by atoms with Crippen molar-refractivity contribution in [3.05, 3.63) is 17.0 Å². The van der Waals surface area contributed by atoms with E-state index >= 15 is 0 Å². The molecule has 108 valence electrons. The summed E-state index contributed by atoms with van der Waals surface area (Å²) in [6, 6.07) is 0. The molecule has 1 heterocycles. The zero-order valence-electron chi connectivity index (χ0n) is 13.3. The maximum atomic E-state index is 4.56. The van der Waals surface area contributed by atoms with Crippen molar-refractivity contribution in [2.45, 2.75) is 70.8 Å². The van der Waals surface area contributed by atoms with Crippen molar-refractivity contribution in [1.29, 1.82) is 0 Å². The lowest BCUT2D eigenvalue weighted by atomic mass is 10.0. The molecule has 0 aliphatic heterocycles. The van der Waals surface area contributed by atoms with Crippen LogP contribution in [0.4, 0.5) is 0 Å². The van der Waals surface area contributed by atoms with Crippen LogP contribution in [0.1, 0.15) is 51.1 Å². The van der Waals surface area contributed by atoms with Crippen molar-refractivity contribution in [2.75, 3.05) is 6.54 Å². The first-order chi connectivity index (χ1) is 8.75. The quantitative estimate of drug-likeness (QED) is 0.638. The molecule has 1 aromatic rings. The third-order valence-corrected chi connectivity index (χ3v) is 4.63. The Morgan fingerprint density at radius 1 is 1.16 bits per heavy atom. The lowest BCUT2D eigenvalue weighted by Gasteiger charge is -2.26. The SMILES string of the molecule is CCC(C)(C)NCC(C)Sc1nc(C)c(C)c(C)n1. The summed E-state index contributed by atoms with van der Waals surface area (Å²) < 4.78 is 0. The molecule has 19 heavy (non-hydrogen) atoms. The predicted octanol–water partition coefficient (Wildman–Crippen LogP) is 3.66. The Bertz CT molecular complexity index is 406. The maximum Gasteiger partial charge on any atom is 0.188 e. The molecule has 0 saturated carbocycles. The average Bonchev–Trinajstić information content (AvgIpc) is 2.33. The largest absolute Gasteiger partial charge is 0.311 e. The highest BCUT2D eigenvalue weighted by Gasteiger charge is 2.16. The van der Waals surface area contributed by atoms with Gasteiger partial charge in [0, 0.05) is 28.7 Å². The van der Waals surface area contributed by atoms with Crippen molar-refractivity contribution >= 4 is 11.8 Å². The van der Waals surface area contributed by atoms with Gasteiger partial charge in [0.2, 0.25) is 0 Å². The summed E-state index contributed by atoms with van der Waals surface area (Å²) in [5.74, 6) is 0. The van der Waals surface area contributed by atoms with Gasteiger partial charge in [0.15, 0.2) is 5.16 Å². The minimum Gasteiger partial charge on any atom is -0.311 e. The fourth-order valence-electron chi connectivity index (χ4n) is 1.56. The van der Waals surface area contributed by atoms with E-state index in [1.807, 2.05) is 0 Å². The molecule has 1 rings (SSSR count). The first kappa shape index (κ1) is 16.4. The summed E-state index contributed by atoms with van der Waals surface area (Å²) in [5.41, 5.74) is 3.57. The van der Waals surface area contributed by atoms with Crippen molar-refractivity contribution in [2.24, 2.45) is 0 Å². The van der Waals surface area contributed by atoms with E-state index in [1.165, 1.54) is 5.56 Å². The Morgan fingerprint density at radius 2 is 1.68 bits per heavy atom. The highest BCUT2D eigenvalue weighted by Crippen LogP contribution is 2.22. The molecular weight excluding hydrogens is 254 g/mol. The van der Waals surface area contributed by atoms with E-state index in [0.717, 1.165) is 29.5 Å². The van der Waals surface area contributed by atoms with E-state index in [2.05, 4.69) is 63.8 Å². The van der Waals surface area contributed by atoms with Crippen LogP contribution in [-0.2, 0) is 0 Å². The molecule has 0 fully saturated rings. The normalized spacial score (nSPS) is 13.6. The zero-order valence-corrected chi connectivity index (χ0v) is 14.1. The van der Waals surface area contributed by atoms with Gasteiger partial charge in [-0.25, -0.2) is 9.97 Å². The number of hydrogen-bond acceptors (Lipinski definition) is 4. The van der Waals surface area contributed by atoms with Crippen molar-refractivity contribution in [1.82, 2.24) is 15.3 Å². The molecule has 0 spiro atoms. The molecule has 0 bridgehead atoms. The second-order valence-electron chi connectivity index (χ2n) is 5.85. The molecule has 0 radical (unpaired) electrons. The summed E-state index contributed by atoms with van der Waals surface area (Å²) in [7, 11) is 0. The molecule has 1 aromatic heterocycles. The van der Waals surface area contributed by atoms with Crippen LogP contribution in [0.15, 0.2) is 5.16 Å². The second-order valence-corrected chi connectivity index (χ2v) is 7.25. The molecule has 0 aromatic carbocycles. The standard InChI is InChI=1S/C15H27N3S/c1-8-15(6,7)16-9-10(2)19-14-17-12(4)11(3)13(5)18-14/h10,16H,8-9H2,1-7H3. The topological polar surface area (TPSA) is 37.8 Å². The van der Waals surface area contributed by atoms with Crippen LogP contribution in [0.5, 0.6) is 0 Å². The molecule has 0 amide bonds. The van der Waals surface area contributed by atoms with E-state index in [0.29, 0.717) is 5.25 Å². The number of aryl methyl sites for hydroxylation is 2. The molecule has 4 heteroatoms. The predicted molar refractivity (Wildman–Crippen MR) is 83.9 cm³/mol. The number of thioether (sulfide) groups is 1. The molecule has 1 N–H and O–H groups in total. The minimum absolute atomic E-state index is 0.203. The van der Waals surface area contributed by atoms with Gasteiger partial charge in [0.05, 0.1) is 0 Å². The van der Waals surface area contributed by atoms with E-state index in [4.69, 9.17) is 0 Å². The van der Waals surface area contributed by atoms with Gasteiger partial charge >= 0.3 is 0 Å². The van der Waals surface area contributed by atoms with Crippen LogP contribution in [0.3, 0.4) is 0 Å². The van der Waals surface area contributed by atoms with Crippen molar-refractivity contribution < 1.29 is 0 Å². The molecule has 3 nitrogen and oxygen atoms in total. The summed E-state index contributed by atoms with van der Waals surface area (Å²) in [4.78, 5) is 9.12. The summed E-state index contributed by atoms with van der Waals surface area (Å²) in [6.07, 6.45) is 1.13. The summed E-state index contributed by atoms with van der Waals surface area (Å²) >= 11 is 1.75. The third kappa shape index (κ3) is 5.11. The Kier molecular flexibility index (Phi) is 5.81. The summed E-state index contributed by atoms with van der Waals surface area (Å²) in [5, 5.41) is 4.95. The molecule has 0 saturated heterocycles. The molecular formula is C15H27N3S. The molecule has 1 atom stereocenters. The van der Waals surface area contributed by atoms with Crippen LogP contribution in [0.2, 0.25) is 0 Å². The smallest absolute Gasteiger partial charge is 0.188 e. The Hall–Kier alpha value is -0.610. The van der Waals surface area contributed by atoms with E-state index < -0.39 is 0 Å². The van der Waals surface area contributed by atoms with Crippen LogP contribution in [0.25, 0.3) is 0 Å². The lowest BCUT2D eigenvalue weighted by molar-refractivity contribution is 0.379.